The lowest BCUT2D eigenvalue weighted by Crippen LogP contribution is -2.44. The smallest absolute Gasteiger partial charge is 0.265 e. The van der Waals surface area contributed by atoms with E-state index in [-0.39, 0.29) is 17.6 Å². The van der Waals surface area contributed by atoms with Crippen LogP contribution in [0.4, 0.5) is 0 Å². The van der Waals surface area contributed by atoms with Gasteiger partial charge in [0, 0.05) is 37.2 Å². The van der Waals surface area contributed by atoms with Gasteiger partial charge in [-0.3, -0.25) is 14.3 Å². The van der Waals surface area contributed by atoms with Crippen molar-refractivity contribution in [3.63, 3.8) is 0 Å². The first-order chi connectivity index (χ1) is 12.8. The molecular formula is C20H36N3O4S+. The van der Waals surface area contributed by atoms with E-state index in [2.05, 4.69) is 17.2 Å². The van der Waals surface area contributed by atoms with E-state index in [0.717, 1.165) is 24.9 Å². The molecule has 1 aromatic rings. The number of nitrogens with one attached hydrogen (secondary N) is 1. The maximum atomic E-state index is 12.6. The lowest BCUT2D eigenvalue weighted by atomic mass is 9.80. The Balaban J connectivity index is 2.38. The molecule has 0 bridgehead atoms. The molecule has 160 valence electrons. The van der Waals surface area contributed by atoms with Gasteiger partial charge < -0.3 is 9.80 Å². The van der Waals surface area contributed by atoms with Gasteiger partial charge in [-0.25, -0.2) is 0 Å². The fraction of sp³-hybridized carbons (Fsp3) is 0.700. The minimum atomic E-state index is -3.90. The van der Waals surface area contributed by atoms with Gasteiger partial charge in [0.15, 0.2) is 0 Å². The third-order valence-corrected chi connectivity index (χ3v) is 5.88. The quantitative estimate of drug-likeness (QED) is 0.311. The fourth-order valence-corrected chi connectivity index (χ4v) is 3.87. The van der Waals surface area contributed by atoms with Gasteiger partial charge in [-0.05, 0) is 24.0 Å². The molecule has 1 atom stereocenters. The van der Waals surface area contributed by atoms with E-state index in [1.165, 1.54) is 0 Å². The van der Waals surface area contributed by atoms with Crippen molar-refractivity contribution in [1.29, 1.82) is 0 Å². The Labute approximate surface area is 169 Å². The van der Waals surface area contributed by atoms with Gasteiger partial charge in [0.25, 0.3) is 10.1 Å². The summed E-state index contributed by atoms with van der Waals surface area (Å²) in [6.45, 7) is 8.09. The summed E-state index contributed by atoms with van der Waals surface area (Å²) >= 11 is 0. The monoisotopic (exact) mass is 414 g/mol. The Morgan fingerprint density at radius 2 is 1.93 bits per heavy atom. The first-order valence-corrected chi connectivity index (χ1v) is 11.4. The Kier molecular flexibility index (Phi) is 9.04. The highest BCUT2D eigenvalue weighted by molar-refractivity contribution is 7.85. The van der Waals surface area contributed by atoms with E-state index in [1.54, 1.807) is 6.20 Å². The van der Waals surface area contributed by atoms with Gasteiger partial charge in [0.05, 0.1) is 32.9 Å². The third-order valence-electron chi connectivity index (χ3n) is 5.08. The van der Waals surface area contributed by atoms with Crippen LogP contribution in [0.1, 0.15) is 51.5 Å². The van der Waals surface area contributed by atoms with E-state index in [1.807, 2.05) is 46.3 Å². The van der Waals surface area contributed by atoms with Crippen molar-refractivity contribution in [3.8, 4) is 0 Å². The second-order valence-electron chi connectivity index (χ2n) is 8.91. The van der Waals surface area contributed by atoms with Gasteiger partial charge in [-0.15, -0.1) is 0 Å². The standard InChI is InChI=1S/C20H35N3O4S/c1-17(18-9-6-10-21-16-18)15-20(2,3)19(24)22-11-7-12-23(4,5)13-8-14-28(25,26)27/h6,9-10,16-17H,7-8,11-15H2,1-5H3,(H-,22,24,25,26,27)/p+1. The minimum absolute atomic E-state index is 0.0416. The molecule has 2 N–H and O–H groups in total. The van der Waals surface area contributed by atoms with Crippen LogP contribution >= 0.6 is 0 Å². The molecule has 1 aromatic heterocycles. The highest BCUT2D eigenvalue weighted by Gasteiger charge is 2.30. The van der Waals surface area contributed by atoms with Gasteiger partial charge in [-0.1, -0.05) is 26.8 Å². The van der Waals surface area contributed by atoms with E-state index < -0.39 is 15.5 Å². The van der Waals surface area contributed by atoms with Gasteiger partial charge in [0.1, 0.15) is 0 Å². The molecule has 0 aromatic carbocycles. The SMILES string of the molecule is CC(CC(C)(C)C(=O)NCCC[N+](C)(C)CCCS(=O)(=O)O)c1cccnc1. The largest absolute Gasteiger partial charge is 0.355 e. The number of pyridine rings is 1. The average Bonchev–Trinajstić information content (AvgIpc) is 2.57. The van der Waals surface area contributed by atoms with Gasteiger partial charge in [0.2, 0.25) is 5.91 Å². The first-order valence-electron chi connectivity index (χ1n) is 9.78. The Morgan fingerprint density at radius 1 is 1.29 bits per heavy atom. The van der Waals surface area contributed by atoms with Crippen LogP contribution in [0, 0.1) is 5.41 Å². The van der Waals surface area contributed by atoms with Gasteiger partial charge >= 0.3 is 0 Å². The highest BCUT2D eigenvalue weighted by Crippen LogP contribution is 2.31. The first kappa shape index (κ1) is 24.5. The van der Waals surface area contributed by atoms with E-state index >= 15 is 0 Å². The highest BCUT2D eigenvalue weighted by atomic mass is 32.2. The summed E-state index contributed by atoms with van der Waals surface area (Å²) in [4.78, 5) is 16.8. The molecule has 0 spiro atoms. The lowest BCUT2D eigenvalue weighted by molar-refractivity contribution is -0.890. The molecule has 1 heterocycles. The molecule has 0 aliphatic carbocycles. The molecule has 0 saturated heterocycles. The molecule has 1 unspecified atom stereocenters. The second-order valence-corrected chi connectivity index (χ2v) is 10.5. The molecule has 0 fully saturated rings. The normalized spacial score (nSPS) is 13.9. The molecule has 1 rings (SSSR count). The predicted octanol–water partition coefficient (Wildman–Crippen LogP) is 2.46. The predicted molar refractivity (Wildman–Crippen MR) is 112 cm³/mol. The maximum Gasteiger partial charge on any atom is 0.265 e. The number of rotatable bonds is 12. The summed E-state index contributed by atoms with van der Waals surface area (Å²) in [5.74, 6) is 0.0714. The molecule has 7 nitrogen and oxygen atoms in total. The number of quaternary nitrogens is 1. The van der Waals surface area contributed by atoms with E-state index in [4.69, 9.17) is 4.55 Å². The maximum absolute atomic E-state index is 12.6. The number of hydrogen-bond donors (Lipinski definition) is 2. The summed E-state index contributed by atoms with van der Waals surface area (Å²) in [7, 11) is 0.138. The molecule has 0 radical (unpaired) electrons. The van der Waals surface area contributed by atoms with E-state index in [0.29, 0.717) is 24.0 Å². The number of nitrogens with zero attached hydrogens (tertiary/aromatic N) is 2. The summed E-state index contributed by atoms with van der Waals surface area (Å²) in [5.41, 5.74) is 0.655. The zero-order chi connectivity index (χ0) is 21.4. The van der Waals surface area contributed by atoms with Gasteiger partial charge in [-0.2, -0.15) is 8.42 Å². The van der Waals surface area contributed by atoms with Crippen molar-refractivity contribution in [2.75, 3.05) is 39.5 Å². The summed E-state index contributed by atoms with van der Waals surface area (Å²) in [6.07, 6.45) is 5.55. The van der Waals surface area contributed by atoms with Crippen LogP contribution in [0.2, 0.25) is 0 Å². The molecule has 8 heteroatoms. The second kappa shape index (κ2) is 10.3. The molecular weight excluding hydrogens is 378 g/mol. The van der Waals surface area contributed by atoms with Crippen LogP contribution in [0.3, 0.4) is 0 Å². The van der Waals surface area contributed by atoms with Crippen molar-refractivity contribution < 1.29 is 22.2 Å². The zero-order valence-corrected chi connectivity index (χ0v) is 18.6. The molecule has 1 amide bonds. The molecule has 0 aliphatic rings. The number of aromatic nitrogens is 1. The summed E-state index contributed by atoms with van der Waals surface area (Å²) in [5, 5.41) is 3.03. The number of amides is 1. The minimum Gasteiger partial charge on any atom is -0.355 e. The van der Waals surface area contributed by atoms with Crippen LogP contribution in [0.15, 0.2) is 24.5 Å². The lowest BCUT2D eigenvalue weighted by Gasteiger charge is -2.30. The van der Waals surface area contributed by atoms with Crippen LogP contribution in [0.5, 0.6) is 0 Å². The van der Waals surface area contributed by atoms with E-state index in [9.17, 15) is 13.2 Å². The third kappa shape index (κ3) is 9.61. The van der Waals surface area contributed by atoms with Crippen LogP contribution in [-0.4, -0.2) is 67.8 Å². The van der Waals surface area contributed by atoms with Crippen molar-refractivity contribution in [1.82, 2.24) is 10.3 Å². The topological polar surface area (TPSA) is 96.4 Å². The van der Waals surface area contributed by atoms with Crippen molar-refractivity contribution in [3.05, 3.63) is 30.1 Å². The molecule has 0 aliphatic heterocycles. The molecule has 28 heavy (non-hydrogen) atoms. The summed E-state index contributed by atoms with van der Waals surface area (Å²) < 4.78 is 31.1. The zero-order valence-electron chi connectivity index (χ0n) is 17.8. The number of carbonyl (C=O) groups is 1. The average molecular weight is 415 g/mol. The number of carbonyl (C=O) groups excluding carboxylic acids is 1. The van der Waals surface area contributed by atoms with Crippen LogP contribution in [-0.2, 0) is 14.9 Å². The Morgan fingerprint density at radius 3 is 2.50 bits per heavy atom. The number of hydrogen-bond acceptors (Lipinski definition) is 4. The Bertz CT molecular complexity index is 718. The molecule has 0 saturated carbocycles. The van der Waals surface area contributed by atoms with Crippen molar-refractivity contribution >= 4 is 16.0 Å². The fourth-order valence-electron chi connectivity index (χ4n) is 3.38. The van der Waals surface area contributed by atoms with Crippen LogP contribution < -0.4 is 5.32 Å². The van der Waals surface area contributed by atoms with Crippen molar-refractivity contribution in [2.45, 2.75) is 46.0 Å². The summed E-state index contributed by atoms with van der Waals surface area (Å²) in [6, 6.07) is 3.95. The van der Waals surface area contributed by atoms with Crippen molar-refractivity contribution in [2.24, 2.45) is 5.41 Å². The van der Waals surface area contributed by atoms with Crippen LogP contribution in [0.25, 0.3) is 0 Å². The Hall–Kier alpha value is -1.51.